The van der Waals surface area contributed by atoms with Gasteiger partial charge in [0.15, 0.2) is 10.8 Å². The van der Waals surface area contributed by atoms with E-state index < -0.39 is 15.7 Å². The van der Waals surface area contributed by atoms with Crippen LogP contribution in [0, 0.1) is 0 Å². The van der Waals surface area contributed by atoms with Gasteiger partial charge in [0.2, 0.25) is 9.84 Å². The lowest BCUT2D eigenvalue weighted by molar-refractivity contribution is 0.370. The van der Waals surface area contributed by atoms with Crippen molar-refractivity contribution in [2.75, 3.05) is 0 Å². The SMILES string of the molecule is O=c1oc2c(o1)=C(c1ccccc1)S(=O)(=O)C=2c1ccccc1. The van der Waals surface area contributed by atoms with E-state index in [4.69, 9.17) is 8.83 Å². The predicted octanol–water partition coefficient (Wildman–Crippen LogP) is 0.974. The normalized spacial score (nSPS) is 15.7. The molecule has 1 aliphatic rings. The maximum Gasteiger partial charge on any atom is 0.519 e. The molecule has 0 saturated heterocycles. The van der Waals surface area contributed by atoms with Crippen molar-refractivity contribution in [3.8, 4) is 0 Å². The second-order valence-electron chi connectivity index (χ2n) is 5.01. The van der Waals surface area contributed by atoms with Crippen LogP contribution in [0.3, 0.4) is 0 Å². The minimum absolute atomic E-state index is 0.0416. The Labute approximate surface area is 130 Å². The van der Waals surface area contributed by atoms with Crippen molar-refractivity contribution in [1.29, 1.82) is 0 Å². The van der Waals surface area contributed by atoms with Crippen molar-refractivity contribution in [3.63, 3.8) is 0 Å². The van der Waals surface area contributed by atoms with Crippen molar-refractivity contribution in [2.24, 2.45) is 0 Å². The van der Waals surface area contributed by atoms with Gasteiger partial charge in [0.1, 0.15) is 9.81 Å². The van der Waals surface area contributed by atoms with Crippen molar-refractivity contribution >= 4 is 19.6 Å². The van der Waals surface area contributed by atoms with E-state index in [-0.39, 0.29) is 20.6 Å². The van der Waals surface area contributed by atoms with Crippen LogP contribution in [-0.2, 0) is 9.84 Å². The van der Waals surface area contributed by atoms with Crippen LogP contribution in [0.2, 0.25) is 0 Å². The monoisotopic (exact) mass is 326 g/mol. The molecule has 1 aliphatic heterocycles. The van der Waals surface area contributed by atoms with Crippen LogP contribution in [0.5, 0.6) is 0 Å². The Bertz CT molecular complexity index is 1080. The van der Waals surface area contributed by atoms with E-state index in [1.807, 2.05) is 0 Å². The number of sulfone groups is 1. The smallest absolute Gasteiger partial charge is 0.389 e. The van der Waals surface area contributed by atoms with Gasteiger partial charge in [0, 0.05) is 0 Å². The zero-order valence-corrected chi connectivity index (χ0v) is 12.5. The molecule has 0 saturated carbocycles. The third-order valence-electron chi connectivity index (χ3n) is 3.60. The predicted molar refractivity (Wildman–Crippen MR) is 83.3 cm³/mol. The molecule has 114 valence electrons. The zero-order chi connectivity index (χ0) is 16.0. The van der Waals surface area contributed by atoms with Crippen molar-refractivity contribution in [1.82, 2.24) is 0 Å². The van der Waals surface area contributed by atoms with Gasteiger partial charge in [-0.2, -0.15) is 0 Å². The van der Waals surface area contributed by atoms with E-state index in [1.165, 1.54) is 0 Å². The summed E-state index contributed by atoms with van der Waals surface area (Å²) >= 11 is 0. The summed E-state index contributed by atoms with van der Waals surface area (Å²) in [5.74, 6) is -0.924. The molecule has 1 aromatic heterocycles. The molecule has 0 N–H and O–H groups in total. The van der Waals surface area contributed by atoms with Gasteiger partial charge in [0.25, 0.3) is 0 Å². The van der Waals surface area contributed by atoms with Crippen LogP contribution >= 0.6 is 0 Å². The van der Waals surface area contributed by atoms with Gasteiger partial charge in [-0.1, -0.05) is 60.7 Å². The Morgan fingerprint density at radius 1 is 0.652 bits per heavy atom. The number of benzene rings is 2. The maximum atomic E-state index is 13.0. The zero-order valence-electron chi connectivity index (χ0n) is 11.7. The van der Waals surface area contributed by atoms with Crippen LogP contribution in [0.15, 0.2) is 74.3 Å². The third-order valence-corrected chi connectivity index (χ3v) is 5.52. The topological polar surface area (TPSA) is 77.5 Å². The highest BCUT2D eigenvalue weighted by atomic mass is 32.2. The highest BCUT2D eigenvalue weighted by Gasteiger charge is 2.37. The first kappa shape index (κ1) is 13.8. The molecule has 0 atom stereocenters. The van der Waals surface area contributed by atoms with Crippen LogP contribution in [0.1, 0.15) is 11.1 Å². The molecule has 23 heavy (non-hydrogen) atoms. The molecule has 2 aromatic carbocycles. The summed E-state index contributed by atoms with van der Waals surface area (Å²) in [5.41, 5.74) is 0.813. The lowest BCUT2D eigenvalue weighted by Gasteiger charge is -2.07. The van der Waals surface area contributed by atoms with Gasteiger partial charge < -0.3 is 8.83 Å². The average Bonchev–Trinajstić information content (AvgIpc) is 2.99. The lowest BCUT2D eigenvalue weighted by atomic mass is 10.2. The third kappa shape index (κ3) is 1.99. The first-order chi connectivity index (χ1) is 11.1. The van der Waals surface area contributed by atoms with E-state index in [1.54, 1.807) is 60.7 Å². The highest BCUT2D eigenvalue weighted by molar-refractivity contribution is 8.09. The second-order valence-corrected chi connectivity index (χ2v) is 6.83. The molecule has 0 amide bonds. The molecule has 5 nitrogen and oxygen atoms in total. The number of fused-ring (bicyclic) bond motifs is 1. The van der Waals surface area contributed by atoms with Gasteiger partial charge in [-0.25, -0.2) is 13.2 Å². The highest BCUT2D eigenvalue weighted by Crippen LogP contribution is 2.31. The van der Waals surface area contributed by atoms with Crippen LogP contribution in [-0.4, -0.2) is 8.42 Å². The minimum Gasteiger partial charge on any atom is -0.389 e. The average molecular weight is 326 g/mol. The molecule has 0 fully saturated rings. The number of hydrogen-bond acceptors (Lipinski definition) is 5. The summed E-state index contributed by atoms with van der Waals surface area (Å²) in [4.78, 5) is 11.4. The van der Waals surface area contributed by atoms with Crippen molar-refractivity contribution in [3.05, 3.63) is 93.2 Å². The molecular weight excluding hydrogens is 316 g/mol. The molecule has 0 radical (unpaired) electrons. The van der Waals surface area contributed by atoms with Gasteiger partial charge in [0.05, 0.1) is 0 Å². The van der Waals surface area contributed by atoms with Crippen molar-refractivity contribution < 1.29 is 17.3 Å². The molecule has 0 spiro atoms. The summed E-state index contributed by atoms with van der Waals surface area (Å²) in [7, 11) is -3.86. The quantitative estimate of drug-likeness (QED) is 0.701. The summed E-state index contributed by atoms with van der Waals surface area (Å²) in [6.07, 6.45) is 0. The Kier molecular flexibility index (Phi) is 2.89. The molecule has 2 heterocycles. The molecule has 3 aromatic rings. The van der Waals surface area contributed by atoms with Gasteiger partial charge >= 0.3 is 5.82 Å². The Morgan fingerprint density at radius 2 is 1.04 bits per heavy atom. The van der Waals surface area contributed by atoms with E-state index in [0.717, 1.165) is 0 Å². The van der Waals surface area contributed by atoms with Gasteiger partial charge in [-0.05, 0) is 11.1 Å². The van der Waals surface area contributed by atoms with E-state index in [2.05, 4.69) is 0 Å². The minimum atomic E-state index is -3.86. The maximum absolute atomic E-state index is 13.0. The molecular formula is C17H10O5S. The molecule has 0 bridgehead atoms. The van der Waals surface area contributed by atoms with Crippen LogP contribution in [0.4, 0.5) is 0 Å². The standard InChI is InChI=1S/C17H10O5S/c18-17-21-13-14(22-17)16(12-9-5-2-6-10-12)23(19,20)15(13)11-7-3-1-4-8-11/h1-10H. The summed E-state index contributed by atoms with van der Waals surface area (Å²) in [6.45, 7) is 0. The molecule has 6 heteroatoms. The van der Waals surface area contributed by atoms with Gasteiger partial charge in [-0.15, -0.1) is 0 Å². The Balaban J connectivity index is 2.19. The van der Waals surface area contributed by atoms with Crippen molar-refractivity contribution in [2.45, 2.75) is 0 Å². The van der Waals surface area contributed by atoms with E-state index >= 15 is 0 Å². The van der Waals surface area contributed by atoms with Crippen LogP contribution in [0.25, 0.3) is 9.81 Å². The Morgan fingerprint density at radius 3 is 1.43 bits per heavy atom. The van der Waals surface area contributed by atoms with E-state index in [0.29, 0.717) is 11.1 Å². The lowest BCUT2D eigenvalue weighted by Crippen LogP contribution is -2.19. The van der Waals surface area contributed by atoms with Gasteiger partial charge in [-0.3, -0.25) is 0 Å². The second kappa shape index (κ2) is 4.82. The fourth-order valence-corrected chi connectivity index (χ4v) is 4.53. The number of hydrogen-bond donors (Lipinski definition) is 0. The summed E-state index contributed by atoms with van der Waals surface area (Å²) < 4.78 is 36.1. The molecule has 4 rings (SSSR count). The molecule has 0 unspecified atom stereocenters. The number of rotatable bonds is 2. The summed E-state index contributed by atoms with van der Waals surface area (Å²) in [5, 5.41) is 0. The fourth-order valence-electron chi connectivity index (χ4n) is 2.68. The fraction of sp³-hybridized carbons (Fsp3) is 0. The first-order valence-corrected chi connectivity index (χ1v) is 8.32. The largest absolute Gasteiger partial charge is 0.519 e. The van der Waals surface area contributed by atoms with E-state index in [9.17, 15) is 13.2 Å². The first-order valence-electron chi connectivity index (χ1n) is 6.83. The molecule has 0 aliphatic carbocycles. The van der Waals surface area contributed by atoms with Crippen LogP contribution < -0.4 is 16.7 Å². The Hall–Kier alpha value is -2.86. The summed E-state index contributed by atoms with van der Waals surface area (Å²) in [6, 6.07) is 17.0.